The van der Waals surface area contributed by atoms with Crippen molar-refractivity contribution >= 4 is 16.6 Å². The average molecular weight is 345 g/mol. The van der Waals surface area contributed by atoms with Crippen molar-refractivity contribution in [3.05, 3.63) is 52.6 Å². The van der Waals surface area contributed by atoms with Gasteiger partial charge in [-0.25, -0.2) is 0 Å². The molecule has 0 aliphatic heterocycles. The average Bonchev–Trinajstić information content (AvgIpc) is 3.48. The smallest absolute Gasteiger partial charge is 0.250 e. The largest absolute Gasteiger partial charge is 0.382 e. The third-order valence-electron chi connectivity index (χ3n) is 4.84. The molecule has 0 radical (unpaired) electrons. The lowest BCUT2D eigenvalue weighted by Gasteiger charge is -2.11. The molecule has 130 valence electrons. The van der Waals surface area contributed by atoms with E-state index in [1.807, 2.05) is 18.2 Å². The number of nitriles is 1. The molecule has 1 aromatic carbocycles. The van der Waals surface area contributed by atoms with Gasteiger partial charge < -0.3 is 9.88 Å². The van der Waals surface area contributed by atoms with E-state index in [4.69, 9.17) is 0 Å². The summed E-state index contributed by atoms with van der Waals surface area (Å²) in [6.07, 6.45) is 5.54. The Balaban J connectivity index is 1.72. The topological polar surface area (TPSA) is 83.6 Å². The molecule has 2 aromatic heterocycles. The Morgan fingerprint density at radius 1 is 1.23 bits per heavy atom. The predicted molar refractivity (Wildman–Crippen MR) is 101 cm³/mol. The summed E-state index contributed by atoms with van der Waals surface area (Å²) >= 11 is 0. The van der Waals surface area contributed by atoms with E-state index in [2.05, 4.69) is 21.6 Å². The van der Waals surface area contributed by atoms with Gasteiger partial charge in [0.2, 0.25) is 5.56 Å². The van der Waals surface area contributed by atoms with Gasteiger partial charge in [-0.1, -0.05) is 18.9 Å². The van der Waals surface area contributed by atoms with Crippen LogP contribution in [0.4, 0.5) is 5.69 Å². The van der Waals surface area contributed by atoms with Gasteiger partial charge in [-0.05, 0) is 41.7 Å². The first kappa shape index (κ1) is 16.3. The van der Waals surface area contributed by atoms with Gasteiger partial charge in [0.1, 0.15) is 6.07 Å². The monoisotopic (exact) mass is 345 g/mol. The van der Waals surface area contributed by atoms with Crippen LogP contribution in [-0.4, -0.2) is 21.3 Å². The third-order valence-corrected chi connectivity index (χ3v) is 4.84. The quantitative estimate of drug-likeness (QED) is 0.768. The molecule has 1 fully saturated rings. The Morgan fingerprint density at radius 3 is 2.77 bits per heavy atom. The van der Waals surface area contributed by atoms with Crippen LogP contribution in [0.5, 0.6) is 0 Å². The molecule has 6 heteroatoms. The van der Waals surface area contributed by atoms with Crippen LogP contribution in [0.1, 0.15) is 25.0 Å². The maximum absolute atomic E-state index is 11.6. The zero-order chi connectivity index (χ0) is 18.1. The molecule has 0 amide bonds. The van der Waals surface area contributed by atoms with Gasteiger partial charge in [-0.15, -0.1) is 10.2 Å². The van der Waals surface area contributed by atoms with E-state index in [1.165, 1.54) is 12.8 Å². The second-order valence-corrected chi connectivity index (χ2v) is 6.79. The molecule has 3 aromatic rings. The fourth-order valence-corrected chi connectivity index (χ4v) is 3.12. The Kier molecular flexibility index (Phi) is 4.13. The highest BCUT2D eigenvalue weighted by atomic mass is 16.1. The summed E-state index contributed by atoms with van der Waals surface area (Å²) in [6, 6.07) is 11.4. The van der Waals surface area contributed by atoms with Crippen LogP contribution < -0.4 is 10.9 Å². The van der Waals surface area contributed by atoms with Crippen LogP contribution in [0, 0.1) is 17.2 Å². The number of pyridine rings is 1. The number of aromatic nitrogens is 3. The minimum Gasteiger partial charge on any atom is -0.382 e. The molecule has 1 aliphatic rings. The highest BCUT2D eigenvalue weighted by molar-refractivity contribution is 5.95. The summed E-state index contributed by atoms with van der Waals surface area (Å²) < 4.78 is 1.55. The highest BCUT2D eigenvalue weighted by Gasteiger charge is 2.21. The molecule has 0 spiro atoms. The maximum atomic E-state index is 11.6. The molecular weight excluding hydrogens is 326 g/mol. The van der Waals surface area contributed by atoms with E-state index in [0.717, 1.165) is 46.6 Å². The number of fused-ring (bicyclic) bond motifs is 1. The molecule has 1 aliphatic carbocycles. The number of hydrogen-bond donors (Lipinski definition) is 1. The summed E-state index contributed by atoms with van der Waals surface area (Å²) in [6.45, 7) is 0.836. The molecule has 0 atom stereocenters. The van der Waals surface area contributed by atoms with Crippen LogP contribution in [-0.2, 0) is 7.05 Å². The van der Waals surface area contributed by atoms with E-state index in [0.29, 0.717) is 5.69 Å². The van der Waals surface area contributed by atoms with Gasteiger partial charge in [-0.3, -0.25) is 4.79 Å². The van der Waals surface area contributed by atoms with Crippen LogP contribution >= 0.6 is 0 Å². The van der Waals surface area contributed by atoms with Crippen LogP contribution in [0.25, 0.3) is 22.0 Å². The number of nitrogens with zero attached hydrogens (tertiary/aromatic N) is 4. The second-order valence-electron chi connectivity index (χ2n) is 6.79. The van der Waals surface area contributed by atoms with Crippen molar-refractivity contribution in [2.75, 3.05) is 11.9 Å². The lowest BCUT2D eigenvalue weighted by molar-refractivity contribution is 0.760. The number of aryl methyl sites for hydroxylation is 1. The predicted octanol–water partition coefficient (Wildman–Crippen LogP) is 3.08. The highest BCUT2D eigenvalue weighted by Crippen LogP contribution is 2.33. The van der Waals surface area contributed by atoms with Crippen molar-refractivity contribution in [3.8, 4) is 17.2 Å². The first-order chi connectivity index (χ1) is 12.7. The van der Waals surface area contributed by atoms with Crippen LogP contribution in [0.3, 0.4) is 0 Å². The van der Waals surface area contributed by atoms with Gasteiger partial charge in [0.25, 0.3) is 0 Å². The van der Waals surface area contributed by atoms with Crippen molar-refractivity contribution in [2.24, 2.45) is 13.0 Å². The summed E-state index contributed by atoms with van der Waals surface area (Å²) in [7, 11) is 1.73. The first-order valence-electron chi connectivity index (χ1n) is 8.77. The molecule has 0 saturated heterocycles. The molecule has 1 saturated carbocycles. The minimum absolute atomic E-state index is 0.0462. The molecule has 2 heterocycles. The van der Waals surface area contributed by atoms with Crippen LogP contribution in [0.15, 0.2) is 41.3 Å². The van der Waals surface area contributed by atoms with Gasteiger partial charge in [0.15, 0.2) is 5.69 Å². The van der Waals surface area contributed by atoms with Crippen LogP contribution in [0.2, 0.25) is 0 Å². The van der Waals surface area contributed by atoms with Crippen molar-refractivity contribution in [2.45, 2.75) is 19.3 Å². The van der Waals surface area contributed by atoms with Crippen molar-refractivity contribution in [1.82, 2.24) is 14.8 Å². The van der Waals surface area contributed by atoms with E-state index >= 15 is 0 Å². The summed E-state index contributed by atoms with van der Waals surface area (Å²) in [5.74, 6) is 0.824. The second kappa shape index (κ2) is 6.60. The zero-order valence-electron chi connectivity index (χ0n) is 14.6. The number of rotatable bonds is 5. The number of benzene rings is 1. The molecule has 6 nitrogen and oxygen atoms in total. The first-order valence-corrected chi connectivity index (χ1v) is 8.77. The van der Waals surface area contributed by atoms with Crippen molar-refractivity contribution in [3.63, 3.8) is 0 Å². The standard InChI is InChI=1S/C20H19N5O/c1-25-12-15(5-7-19(25)26)14-4-6-16-17(10-14)23-24-18(11-21)20(16)22-9-8-13-2-3-13/h4-7,10,12-13H,2-3,8-9H2,1H3,(H,22,23). The molecule has 4 rings (SSSR count). The summed E-state index contributed by atoms with van der Waals surface area (Å²) in [4.78, 5) is 11.6. The van der Waals surface area contributed by atoms with Gasteiger partial charge in [0, 0.05) is 31.2 Å². The Morgan fingerprint density at radius 2 is 2.04 bits per heavy atom. The van der Waals surface area contributed by atoms with E-state index in [-0.39, 0.29) is 5.56 Å². The van der Waals surface area contributed by atoms with E-state index in [9.17, 15) is 10.1 Å². The molecule has 0 bridgehead atoms. The molecular formula is C20H19N5O. The number of nitrogens with one attached hydrogen (secondary N) is 1. The van der Waals surface area contributed by atoms with Crippen molar-refractivity contribution < 1.29 is 0 Å². The normalized spacial score (nSPS) is 13.5. The fraction of sp³-hybridized carbons (Fsp3) is 0.300. The Bertz CT molecular complexity index is 1080. The van der Waals surface area contributed by atoms with Gasteiger partial charge in [0.05, 0.1) is 11.2 Å². The number of anilines is 1. The summed E-state index contributed by atoms with van der Waals surface area (Å²) in [5, 5.41) is 21.9. The fourth-order valence-electron chi connectivity index (χ4n) is 3.12. The molecule has 0 unspecified atom stereocenters. The lowest BCUT2D eigenvalue weighted by atomic mass is 10.0. The summed E-state index contributed by atoms with van der Waals surface area (Å²) in [5.41, 5.74) is 3.65. The maximum Gasteiger partial charge on any atom is 0.250 e. The van der Waals surface area contributed by atoms with Crippen molar-refractivity contribution in [1.29, 1.82) is 5.26 Å². The van der Waals surface area contributed by atoms with E-state index in [1.54, 1.807) is 29.9 Å². The lowest BCUT2D eigenvalue weighted by Crippen LogP contribution is -2.13. The van der Waals surface area contributed by atoms with E-state index < -0.39 is 0 Å². The van der Waals surface area contributed by atoms with Gasteiger partial charge >= 0.3 is 0 Å². The Hall–Kier alpha value is -3.20. The number of hydrogen-bond acceptors (Lipinski definition) is 5. The minimum atomic E-state index is -0.0462. The Labute approximate surface area is 151 Å². The zero-order valence-corrected chi connectivity index (χ0v) is 14.6. The third kappa shape index (κ3) is 3.16. The molecule has 1 N–H and O–H groups in total. The molecule has 26 heavy (non-hydrogen) atoms. The van der Waals surface area contributed by atoms with Gasteiger partial charge in [-0.2, -0.15) is 5.26 Å². The SMILES string of the molecule is Cn1cc(-c2ccc3c(NCCC4CC4)c(C#N)nnc3c2)ccc1=O.